The van der Waals surface area contributed by atoms with E-state index in [9.17, 15) is 22.8 Å². The van der Waals surface area contributed by atoms with Crippen LogP contribution in [-0.4, -0.2) is 37.7 Å². The molecule has 0 spiro atoms. The average molecular weight is 479 g/mol. The van der Waals surface area contributed by atoms with Gasteiger partial charge < -0.3 is 5.11 Å². The van der Waals surface area contributed by atoms with Crippen molar-refractivity contribution in [1.29, 1.82) is 0 Å². The molecule has 152 valence electrons. The van der Waals surface area contributed by atoms with E-state index in [-0.39, 0.29) is 37.8 Å². The molecule has 29 heavy (non-hydrogen) atoms. The van der Waals surface area contributed by atoms with E-state index in [4.69, 9.17) is 28.9 Å². The number of carboxylic acid groups (broad SMARTS) is 1. The number of hydrogen-bond acceptors (Lipinski definition) is 6. The number of aromatic nitrogens is 1. The molecule has 1 fully saturated rings. The second kappa shape index (κ2) is 8.42. The summed E-state index contributed by atoms with van der Waals surface area (Å²) < 4.78 is 39.1. The van der Waals surface area contributed by atoms with E-state index in [0.29, 0.717) is 4.88 Å². The number of carbonyl (C=O) groups is 2. The molecule has 1 amide bonds. The molecule has 0 unspecified atom stereocenters. The highest BCUT2D eigenvalue weighted by Crippen LogP contribution is 2.39. The zero-order chi connectivity index (χ0) is 21.3. The molecule has 1 aromatic carbocycles. The third kappa shape index (κ3) is 4.97. The van der Waals surface area contributed by atoms with Crippen molar-refractivity contribution in [1.82, 2.24) is 9.88 Å². The molecular formula is C17H10ClF3N2O3S3. The molecule has 0 saturated carbocycles. The van der Waals surface area contributed by atoms with Gasteiger partial charge in [0.15, 0.2) is 0 Å². The van der Waals surface area contributed by atoms with E-state index in [1.165, 1.54) is 17.2 Å². The number of nitrogens with zero attached hydrogens (tertiary/aromatic N) is 2. The number of thiazole rings is 1. The average Bonchev–Trinajstić information content (AvgIpc) is 3.18. The predicted octanol–water partition coefficient (Wildman–Crippen LogP) is 5.16. The Labute approximate surface area is 181 Å². The minimum absolute atomic E-state index is 0.0366. The second-order valence-corrected chi connectivity index (χ2v) is 8.88. The quantitative estimate of drug-likeness (QED) is 0.473. The first-order chi connectivity index (χ1) is 13.6. The summed E-state index contributed by atoms with van der Waals surface area (Å²) in [7, 11) is 0. The smallest absolute Gasteiger partial charge is 0.416 e. The number of amides is 1. The number of rotatable bonds is 5. The Morgan fingerprint density at radius 3 is 2.76 bits per heavy atom. The third-order valence-electron chi connectivity index (χ3n) is 3.74. The van der Waals surface area contributed by atoms with Crippen LogP contribution >= 0.6 is 46.9 Å². The summed E-state index contributed by atoms with van der Waals surface area (Å²) in [6, 6.07) is 2.98. The van der Waals surface area contributed by atoms with Gasteiger partial charge in [0.05, 0.1) is 21.9 Å². The van der Waals surface area contributed by atoms with Gasteiger partial charge in [0.25, 0.3) is 5.91 Å². The molecule has 1 aliphatic heterocycles. The van der Waals surface area contributed by atoms with Crippen LogP contribution in [0.15, 0.2) is 29.3 Å². The van der Waals surface area contributed by atoms with Crippen molar-refractivity contribution in [3.05, 3.63) is 44.8 Å². The van der Waals surface area contributed by atoms with Crippen molar-refractivity contribution in [3.63, 3.8) is 0 Å². The van der Waals surface area contributed by atoms with Gasteiger partial charge in [0.1, 0.15) is 9.33 Å². The van der Waals surface area contributed by atoms with Crippen LogP contribution in [0.25, 0.3) is 16.6 Å². The van der Waals surface area contributed by atoms with Crippen LogP contribution in [0.3, 0.4) is 0 Å². The van der Waals surface area contributed by atoms with Crippen LogP contribution in [0.2, 0.25) is 5.02 Å². The Balaban J connectivity index is 1.85. The minimum Gasteiger partial charge on any atom is -0.481 e. The molecular weight excluding hydrogens is 469 g/mol. The van der Waals surface area contributed by atoms with Crippen LogP contribution in [0.1, 0.15) is 16.9 Å². The zero-order valence-electron chi connectivity index (χ0n) is 14.2. The van der Waals surface area contributed by atoms with Gasteiger partial charge in [-0.1, -0.05) is 35.6 Å². The molecule has 2 heterocycles. The lowest BCUT2D eigenvalue weighted by Gasteiger charge is -2.12. The van der Waals surface area contributed by atoms with Crippen molar-refractivity contribution in [2.24, 2.45) is 0 Å². The molecule has 0 aliphatic carbocycles. The highest BCUT2D eigenvalue weighted by molar-refractivity contribution is 8.26. The molecule has 2 aromatic rings. The van der Waals surface area contributed by atoms with Gasteiger partial charge in [-0.25, -0.2) is 4.98 Å². The fourth-order valence-corrected chi connectivity index (χ4v) is 4.90. The van der Waals surface area contributed by atoms with E-state index >= 15 is 0 Å². The summed E-state index contributed by atoms with van der Waals surface area (Å²) in [5.74, 6) is -1.47. The highest BCUT2D eigenvalue weighted by Gasteiger charge is 2.33. The van der Waals surface area contributed by atoms with Gasteiger partial charge >= 0.3 is 12.1 Å². The maximum atomic E-state index is 13.0. The van der Waals surface area contributed by atoms with E-state index in [0.717, 1.165) is 41.3 Å². The fraction of sp³-hybridized carbons (Fsp3) is 0.176. The summed E-state index contributed by atoms with van der Waals surface area (Å²) in [4.78, 5) is 29.2. The van der Waals surface area contributed by atoms with E-state index in [2.05, 4.69) is 4.98 Å². The Morgan fingerprint density at radius 1 is 1.38 bits per heavy atom. The van der Waals surface area contributed by atoms with Gasteiger partial charge in [-0.15, -0.1) is 11.3 Å². The summed E-state index contributed by atoms with van der Waals surface area (Å²) in [6.45, 7) is -0.0366. The molecule has 0 radical (unpaired) electrons. The van der Waals surface area contributed by atoms with Gasteiger partial charge in [-0.05, 0) is 24.3 Å². The Kier molecular flexibility index (Phi) is 6.32. The highest BCUT2D eigenvalue weighted by atomic mass is 35.5. The third-order valence-corrected chi connectivity index (χ3v) is 6.43. The number of thioether (sulfide) groups is 1. The van der Waals surface area contributed by atoms with E-state index in [1.807, 2.05) is 0 Å². The van der Waals surface area contributed by atoms with Gasteiger partial charge in [-0.2, -0.15) is 13.2 Å². The molecule has 0 bridgehead atoms. The first-order valence-corrected chi connectivity index (χ1v) is 10.3. The van der Waals surface area contributed by atoms with Crippen molar-refractivity contribution >= 4 is 69.2 Å². The second-order valence-electron chi connectivity index (χ2n) is 5.74. The molecule has 3 rings (SSSR count). The fourth-order valence-electron chi connectivity index (χ4n) is 2.37. The lowest BCUT2D eigenvalue weighted by atomic mass is 10.1. The largest absolute Gasteiger partial charge is 0.481 e. The molecule has 1 aliphatic rings. The Morgan fingerprint density at radius 2 is 2.10 bits per heavy atom. The number of benzene rings is 1. The van der Waals surface area contributed by atoms with Crippen molar-refractivity contribution < 1.29 is 27.9 Å². The molecule has 1 saturated heterocycles. The normalized spacial score (nSPS) is 16.1. The van der Waals surface area contributed by atoms with Crippen LogP contribution in [0.5, 0.6) is 0 Å². The topological polar surface area (TPSA) is 70.5 Å². The van der Waals surface area contributed by atoms with Gasteiger partial charge in [0, 0.05) is 23.2 Å². The molecule has 0 atom stereocenters. The van der Waals surface area contributed by atoms with Crippen molar-refractivity contribution in [2.45, 2.75) is 12.6 Å². The van der Waals surface area contributed by atoms with Gasteiger partial charge in [0.2, 0.25) is 0 Å². The SMILES string of the molecule is O=C(O)CCN1C(=O)C(=Cc2cnc(-c3cc(C(F)(F)F)ccc3Cl)s2)SC1=S. The number of hydrogen-bond donors (Lipinski definition) is 1. The number of thiocarbonyl (C=S) groups is 1. The number of aliphatic carboxylic acids is 1. The minimum atomic E-state index is -4.51. The van der Waals surface area contributed by atoms with Crippen LogP contribution < -0.4 is 0 Å². The summed E-state index contributed by atoms with van der Waals surface area (Å²) in [5.41, 5.74) is -0.701. The molecule has 12 heteroatoms. The van der Waals surface area contributed by atoms with E-state index < -0.39 is 23.6 Å². The summed E-state index contributed by atoms with van der Waals surface area (Å²) >= 11 is 13.2. The van der Waals surface area contributed by atoms with Crippen LogP contribution in [-0.2, 0) is 15.8 Å². The number of alkyl halides is 3. The van der Waals surface area contributed by atoms with Gasteiger partial charge in [-0.3, -0.25) is 14.5 Å². The number of carbonyl (C=O) groups excluding carboxylic acids is 1. The van der Waals surface area contributed by atoms with Crippen LogP contribution in [0, 0.1) is 0 Å². The maximum Gasteiger partial charge on any atom is 0.416 e. The first-order valence-electron chi connectivity index (χ1n) is 7.86. The Hall–Kier alpha value is -1.95. The predicted molar refractivity (Wildman–Crippen MR) is 110 cm³/mol. The summed E-state index contributed by atoms with van der Waals surface area (Å²) in [5, 5.41) is 9.16. The number of carboxylic acids is 1. The number of halogens is 4. The van der Waals surface area contributed by atoms with E-state index in [1.54, 1.807) is 0 Å². The van der Waals surface area contributed by atoms with Crippen molar-refractivity contribution in [3.8, 4) is 10.6 Å². The zero-order valence-corrected chi connectivity index (χ0v) is 17.4. The summed E-state index contributed by atoms with van der Waals surface area (Å²) in [6.07, 6.45) is -1.81. The lowest BCUT2D eigenvalue weighted by molar-refractivity contribution is -0.138. The van der Waals surface area contributed by atoms with Crippen molar-refractivity contribution in [2.75, 3.05) is 6.54 Å². The molecule has 1 N–H and O–H groups in total. The molecule has 5 nitrogen and oxygen atoms in total. The monoisotopic (exact) mass is 478 g/mol. The first kappa shape index (κ1) is 21.8. The maximum absolute atomic E-state index is 13.0. The standard InChI is InChI=1S/C17H10ClF3N2O3S3/c18-11-2-1-8(17(19,20)21)5-10(11)14-22-7-9(28-14)6-12-15(26)23(16(27)29-12)4-3-13(24)25/h1-2,5-7H,3-4H2,(H,24,25). The Bertz CT molecular complexity index is 1040. The van der Waals surface area contributed by atoms with Crippen LogP contribution in [0.4, 0.5) is 13.2 Å². The molecule has 1 aromatic heterocycles. The lowest BCUT2D eigenvalue weighted by Crippen LogP contribution is -2.30.